The monoisotopic (exact) mass is 321 g/mol. The lowest BCUT2D eigenvalue weighted by Crippen LogP contribution is -2.47. The Labute approximate surface area is 136 Å². The molecule has 1 fully saturated rings. The second-order valence-corrected chi connectivity index (χ2v) is 7.03. The van der Waals surface area contributed by atoms with Gasteiger partial charge in [0.15, 0.2) is 6.10 Å². The van der Waals surface area contributed by atoms with E-state index in [0.29, 0.717) is 5.56 Å². The fourth-order valence-corrected chi connectivity index (χ4v) is 2.71. The summed E-state index contributed by atoms with van der Waals surface area (Å²) in [7, 11) is 0. The number of carbonyl (C=O) groups excluding carboxylic acids is 1. The summed E-state index contributed by atoms with van der Waals surface area (Å²) in [6, 6.07) is 8.24. The molecule has 0 bridgehead atoms. The summed E-state index contributed by atoms with van der Waals surface area (Å²) in [4.78, 5) is 25.6. The van der Waals surface area contributed by atoms with E-state index >= 15 is 0 Å². The topological polar surface area (TPSA) is 76.1 Å². The molecule has 0 spiro atoms. The molecule has 0 aliphatic carbocycles. The van der Waals surface area contributed by atoms with Gasteiger partial charge in [0.1, 0.15) is 17.4 Å². The summed E-state index contributed by atoms with van der Waals surface area (Å²) >= 11 is 0. The number of nitrogens with zero attached hydrogens (tertiary/aromatic N) is 1. The van der Waals surface area contributed by atoms with Gasteiger partial charge in [-0.1, -0.05) is 30.3 Å². The van der Waals surface area contributed by atoms with Gasteiger partial charge in [-0.25, -0.2) is 9.59 Å². The molecule has 1 saturated heterocycles. The summed E-state index contributed by atoms with van der Waals surface area (Å²) < 4.78 is 11.1. The molecule has 1 aliphatic heterocycles. The van der Waals surface area contributed by atoms with Gasteiger partial charge in [0.2, 0.25) is 0 Å². The Morgan fingerprint density at radius 2 is 1.78 bits per heavy atom. The standard InChI is InChI=1S/C17H23NO5/c1-16(2,3)23-15(21)18-12(11-9-7-6-8-10-11)13(14(19)20)22-17(18,4)5/h6-10,12-13H,1-5H3,(H,19,20). The molecule has 0 saturated carbocycles. The van der Waals surface area contributed by atoms with Crippen LogP contribution in [0.5, 0.6) is 0 Å². The number of rotatable bonds is 2. The highest BCUT2D eigenvalue weighted by atomic mass is 16.6. The van der Waals surface area contributed by atoms with Crippen LogP contribution in [0.1, 0.15) is 46.2 Å². The number of benzene rings is 1. The van der Waals surface area contributed by atoms with Crippen molar-refractivity contribution < 1.29 is 24.2 Å². The van der Waals surface area contributed by atoms with Gasteiger partial charge >= 0.3 is 12.1 Å². The molecule has 1 aromatic rings. The van der Waals surface area contributed by atoms with Crippen LogP contribution in [-0.4, -0.2) is 39.5 Å². The minimum Gasteiger partial charge on any atom is -0.479 e. The minimum atomic E-state index is -1.15. The Morgan fingerprint density at radius 1 is 1.22 bits per heavy atom. The van der Waals surface area contributed by atoms with Crippen LogP contribution >= 0.6 is 0 Å². The third kappa shape index (κ3) is 3.64. The quantitative estimate of drug-likeness (QED) is 0.905. The fourth-order valence-electron chi connectivity index (χ4n) is 2.71. The molecular formula is C17H23NO5. The van der Waals surface area contributed by atoms with Crippen LogP contribution in [0.15, 0.2) is 30.3 Å². The first-order valence-corrected chi connectivity index (χ1v) is 7.51. The second-order valence-electron chi connectivity index (χ2n) is 7.03. The highest BCUT2D eigenvalue weighted by molar-refractivity contribution is 5.78. The molecule has 1 aliphatic rings. The van der Waals surface area contributed by atoms with E-state index in [0.717, 1.165) is 0 Å². The van der Waals surface area contributed by atoms with E-state index in [1.54, 1.807) is 58.9 Å². The second kappa shape index (κ2) is 5.85. The summed E-state index contributed by atoms with van der Waals surface area (Å²) in [6.45, 7) is 8.62. The largest absolute Gasteiger partial charge is 0.479 e. The Morgan fingerprint density at radius 3 is 2.26 bits per heavy atom. The van der Waals surface area contributed by atoms with Gasteiger partial charge < -0.3 is 14.6 Å². The molecule has 1 amide bonds. The lowest BCUT2D eigenvalue weighted by atomic mass is 10.0. The van der Waals surface area contributed by atoms with E-state index in [1.807, 2.05) is 6.07 Å². The normalized spacial score (nSPS) is 23.6. The number of carboxylic acid groups (broad SMARTS) is 1. The lowest BCUT2D eigenvalue weighted by Gasteiger charge is -2.35. The molecule has 1 heterocycles. The molecule has 1 aromatic carbocycles. The Hall–Kier alpha value is -2.08. The molecule has 2 atom stereocenters. The third-order valence-electron chi connectivity index (χ3n) is 3.54. The maximum atomic E-state index is 12.7. The Balaban J connectivity index is 2.46. The van der Waals surface area contributed by atoms with Crippen molar-refractivity contribution in [3.63, 3.8) is 0 Å². The molecule has 2 unspecified atom stereocenters. The minimum absolute atomic E-state index is 0.597. The molecule has 126 valence electrons. The van der Waals surface area contributed by atoms with Crippen molar-refractivity contribution in [1.29, 1.82) is 0 Å². The van der Waals surface area contributed by atoms with Gasteiger partial charge in [0.25, 0.3) is 0 Å². The van der Waals surface area contributed by atoms with Crippen molar-refractivity contribution in [3.8, 4) is 0 Å². The van der Waals surface area contributed by atoms with Crippen molar-refractivity contribution in [3.05, 3.63) is 35.9 Å². The number of amides is 1. The van der Waals surface area contributed by atoms with Crippen LogP contribution in [0, 0.1) is 0 Å². The summed E-state index contributed by atoms with van der Waals surface area (Å²) in [5, 5.41) is 9.51. The molecule has 23 heavy (non-hydrogen) atoms. The number of carboxylic acids is 1. The van der Waals surface area contributed by atoms with Crippen molar-refractivity contribution in [1.82, 2.24) is 4.90 Å². The zero-order valence-electron chi connectivity index (χ0n) is 14.1. The first-order chi connectivity index (χ1) is 10.5. The van der Waals surface area contributed by atoms with Gasteiger partial charge in [-0.15, -0.1) is 0 Å². The van der Waals surface area contributed by atoms with Crippen molar-refractivity contribution in [2.75, 3.05) is 0 Å². The average Bonchev–Trinajstić information content (AvgIpc) is 2.69. The number of hydrogen-bond donors (Lipinski definition) is 1. The first-order valence-electron chi connectivity index (χ1n) is 7.51. The fraction of sp³-hybridized carbons (Fsp3) is 0.529. The smallest absolute Gasteiger partial charge is 0.413 e. The predicted octanol–water partition coefficient (Wildman–Crippen LogP) is 3.18. The van der Waals surface area contributed by atoms with Gasteiger partial charge in [0.05, 0.1) is 0 Å². The van der Waals surface area contributed by atoms with Gasteiger partial charge in [-0.05, 0) is 40.2 Å². The van der Waals surface area contributed by atoms with Crippen LogP contribution in [0.2, 0.25) is 0 Å². The average molecular weight is 321 g/mol. The first kappa shape index (κ1) is 17.3. The number of ether oxygens (including phenoxy) is 2. The van der Waals surface area contributed by atoms with E-state index in [4.69, 9.17) is 9.47 Å². The molecule has 6 heteroatoms. The van der Waals surface area contributed by atoms with E-state index in [1.165, 1.54) is 4.90 Å². The number of carbonyl (C=O) groups is 2. The number of aliphatic carboxylic acids is 1. The molecule has 2 rings (SSSR count). The van der Waals surface area contributed by atoms with Crippen LogP contribution in [-0.2, 0) is 14.3 Å². The zero-order valence-corrected chi connectivity index (χ0v) is 14.1. The van der Waals surface area contributed by atoms with Gasteiger partial charge in [0, 0.05) is 0 Å². The Bertz CT molecular complexity index is 591. The van der Waals surface area contributed by atoms with E-state index in [2.05, 4.69) is 0 Å². The van der Waals surface area contributed by atoms with Crippen molar-refractivity contribution in [2.45, 2.75) is 58.1 Å². The highest BCUT2D eigenvalue weighted by Gasteiger charge is 2.54. The van der Waals surface area contributed by atoms with E-state index in [9.17, 15) is 14.7 Å². The number of hydrogen-bond acceptors (Lipinski definition) is 4. The van der Waals surface area contributed by atoms with Gasteiger partial charge in [-0.2, -0.15) is 0 Å². The summed E-state index contributed by atoms with van der Waals surface area (Å²) in [5.74, 6) is -1.11. The van der Waals surface area contributed by atoms with Crippen molar-refractivity contribution in [2.24, 2.45) is 0 Å². The van der Waals surface area contributed by atoms with Gasteiger partial charge in [-0.3, -0.25) is 4.90 Å². The molecular weight excluding hydrogens is 298 g/mol. The SMILES string of the molecule is CC(C)(C)OC(=O)N1C(c2ccccc2)C(C(=O)O)OC1(C)C. The lowest BCUT2D eigenvalue weighted by molar-refractivity contribution is -0.155. The van der Waals surface area contributed by atoms with Crippen LogP contribution in [0.25, 0.3) is 0 Å². The zero-order chi connectivity index (χ0) is 17.4. The van der Waals surface area contributed by atoms with Crippen LogP contribution in [0.4, 0.5) is 4.79 Å². The van der Waals surface area contributed by atoms with Crippen LogP contribution in [0.3, 0.4) is 0 Å². The molecule has 6 nitrogen and oxygen atoms in total. The Kier molecular flexibility index (Phi) is 4.39. The maximum Gasteiger partial charge on any atom is 0.413 e. The third-order valence-corrected chi connectivity index (χ3v) is 3.54. The highest BCUT2D eigenvalue weighted by Crippen LogP contribution is 2.42. The van der Waals surface area contributed by atoms with Crippen molar-refractivity contribution >= 4 is 12.1 Å². The van der Waals surface area contributed by atoms with Crippen LogP contribution < -0.4 is 0 Å². The maximum absolute atomic E-state index is 12.7. The molecule has 0 radical (unpaired) electrons. The van der Waals surface area contributed by atoms with E-state index in [-0.39, 0.29) is 0 Å². The predicted molar refractivity (Wildman–Crippen MR) is 83.8 cm³/mol. The summed E-state index contributed by atoms with van der Waals surface area (Å²) in [6.07, 6.45) is -1.75. The summed E-state index contributed by atoms with van der Waals surface area (Å²) in [5.41, 5.74) is -1.09. The molecule has 1 N–H and O–H groups in total. The van der Waals surface area contributed by atoms with E-state index < -0.39 is 35.5 Å². The molecule has 0 aromatic heterocycles.